The summed E-state index contributed by atoms with van der Waals surface area (Å²) in [6.45, 7) is 2.22. The number of benzene rings is 1. The van der Waals surface area contributed by atoms with Gasteiger partial charge < -0.3 is 10.4 Å². The van der Waals surface area contributed by atoms with Crippen LogP contribution < -0.4 is 5.32 Å². The molecule has 2 rings (SSSR count). The second kappa shape index (κ2) is 8.13. The zero-order valence-electron chi connectivity index (χ0n) is 12.3. The summed E-state index contributed by atoms with van der Waals surface area (Å²) in [5, 5.41) is 12.6. The van der Waals surface area contributed by atoms with Crippen molar-refractivity contribution in [2.24, 2.45) is 0 Å². The van der Waals surface area contributed by atoms with Crippen molar-refractivity contribution < 1.29 is 9.90 Å². The van der Waals surface area contributed by atoms with Crippen LogP contribution in [-0.2, 0) is 4.79 Å². The van der Waals surface area contributed by atoms with Gasteiger partial charge in [0, 0.05) is 17.8 Å². The van der Waals surface area contributed by atoms with E-state index in [4.69, 9.17) is 11.6 Å². The van der Waals surface area contributed by atoms with Crippen molar-refractivity contribution in [2.45, 2.75) is 19.4 Å². The molecule has 1 aromatic carbocycles. The molecule has 2 N–H and O–H groups in total. The number of aliphatic hydroxyl groups excluding tert-OH is 1. The van der Waals surface area contributed by atoms with Gasteiger partial charge >= 0.3 is 0 Å². The molecule has 116 valence electrons. The molecule has 0 aliphatic rings. The monoisotopic (exact) mass is 335 g/mol. The highest BCUT2D eigenvalue weighted by molar-refractivity contribution is 7.16. The van der Waals surface area contributed by atoms with Gasteiger partial charge in [-0.2, -0.15) is 0 Å². The molecule has 0 aliphatic heterocycles. The first-order chi connectivity index (χ1) is 10.5. The van der Waals surface area contributed by atoms with Crippen molar-refractivity contribution in [3.8, 4) is 0 Å². The summed E-state index contributed by atoms with van der Waals surface area (Å²) in [5.74, 6) is -0.120. The van der Waals surface area contributed by atoms with Crippen LogP contribution in [0.3, 0.4) is 0 Å². The molecule has 22 heavy (non-hydrogen) atoms. The molecule has 0 fully saturated rings. The minimum Gasteiger partial charge on any atom is -0.386 e. The lowest BCUT2D eigenvalue weighted by Gasteiger charge is -2.09. The Bertz CT molecular complexity index is 649. The third kappa shape index (κ3) is 5.30. The Balaban J connectivity index is 1.74. The van der Waals surface area contributed by atoms with E-state index in [1.54, 1.807) is 12.1 Å². The Morgan fingerprint density at radius 3 is 2.68 bits per heavy atom. The van der Waals surface area contributed by atoms with Crippen LogP contribution in [0.4, 0.5) is 0 Å². The van der Waals surface area contributed by atoms with Crippen LogP contribution in [0.5, 0.6) is 0 Å². The van der Waals surface area contributed by atoms with Crippen LogP contribution in [0, 0.1) is 6.92 Å². The molecule has 1 heterocycles. The molecular weight excluding hydrogens is 318 g/mol. The van der Waals surface area contributed by atoms with E-state index in [2.05, 4.69) is 5.32 Å². The van der Waals surface area contributed by atoms with Crippen LogP contribution in [0.2, 0.25) is 4.34 Å². The van der Waals surface area contributed by atoms with Gasteiger partial charge in [-0.1, -0.05) is 53.6 Å². The Labute approximate surface area is 139 Å². The van der Waals surface area contributed by atoms with Crippen LogP contribution in [-0.4, -0.2) is 17.6 Å². The number of carbonyl (C=O) groups is 1. The molecule has 1 aromatic heterocycles. The van der Waals surface area contributed by atoms with Crippen LogP contribution in [0.15, 0.2) is 42.5 Å². The predicted molar refractivity (Wildman–Crippen MR) is 92.1 cm³/mol. The first kappa shape index (κ1) is 16.7. The van der Waals surface area contributed by atoms with Gasteiger partial charge in [0.1, 0.15) is 6.10 Å². The van der Waals surface area contributed by atoms with E-state index >= 15 is 0 Å². The molecular formula is C17H18ClNO2S. The molecule has 0 saturated heterocycles. The van der Waals surface area contributed by atoms with Crippen molar-refractivity contribution in [1.29, 1.82) is 0 Å². The van der Waals surface area contributed by atoms with Gasteiger partial charge in [0.25, 0.3) is 0 Å². The minimum atomic E-state index is -0.720. The standard InChI is InChI=1S/C17H18ClNO2S/c1-12-5-7-13(8-6-12)3-2-4-17(21)19-11-14(20)15-9-10-16(18)22-15/h2-3,5-10,14,20H,4,11H2,1H3,(H,19,21)/b3-2+. The molecule has 1 amide bonds. The number of rotatable bonds is 6. The van der Waals surface area contributed by atoms with E-state index in [0.29, 0.717) is 4.34 Å². The molecule has 0 saturated carbocycles. The van der Waals surface area contributed by atoms with Gasteiger partial charge in [0.05, 0.1) is 4.34 Å². The fourth-order valence-corrected chi connectivity index (χ4v) is 2.92. The number of thiophene rings is 1. The highest BCUT2D eigenvalue weighted by Gasteiger charge is 2.11. The average molecular weight is 336 g/mol. The average Bonchev–Trinajstić information content (AvgIpc) is 2.93. The van der Waals surface area contributed by atoms with Crippen molar-refractivity contribution >= 4 is 34.9 Å². The maximum absolute atomic E-state index is 11.7. The second-order valence-corrected chi connectivity index (χ2v) is 6.73. The maximum Gasteiger partial charge on any atom is 0.223 e. The Kier molecular flexibility index (Phi) is 6.19. The summed E-state index contributed by atoms with van der Waals surface area (Å²) < 4.78 is 0.626. The quantitative estimate of drug-likeness (QED) is 0.839. The summed E-state index contributed by atoms with van der Waals surface area (Å²) in [5.41, 5.74) is 2.27. The Morgan fingerprint density at radius 1 is 1.32 bits per heavy atom. The number of aliphatic hydroxyl groups is 1. The topological polar surface area (TPSA) is 49.3 Å². The van der Waals surface area contributed by atoms with Crippen LogP contribution in [0.1, 0.15) is 28.5 Å². The zero-order valence-corrected chi connectivity index (χ0v) is 13.8. The highest BCUT2D eigenvalue weighted by atomic mass is 35.5. The summed E-state index contributed by atoms with van der Waals surface area (Å²) >= 11 is 7.13. The predicted octanol–water partition coefficient (Wildman–Crippen LogP) is 3.96. The number of aryl methyl sites for hydroxylation is 1. The van der Waals surface area contributed by atoms with Crippen molar-refractivity contribution in [2.75, 3.05) is 6.54 Å². The summed E-state index contributed by atoms with van der Waals surface area (Å²) in [6, 6.07) is 11.6. The third-order valence-electron chi connectivity index (χ3n) is 3.11. The van der Waals surface area contributed by atoms with E-state index in [9.17, 15) is 9.90 Å². The maximum atomic E-state index is 11.7. The van der Waals surface area contributed by atoms with Crippen molar-refractivity contribution in [1.82, 2.24) is 5.32 Å². The van der Waals surface area contributed by atoms with E-state index in [0.717, 1.165) is 10.4 Å². The molecule has 0 spiro atoms. The largest absolute Gasteiger partial charge is 0.386 e. The highest BCUT2D eigenvalue weighted by Crippen LogP contribution is 2.26. The van der Waals surface area contributed by atoms with Gasteiger partial charge in [-0.3, -0.25) is 4.79 Å². The van der Waals surface area contributed by atoms with E-state index in [-0.39, 0.29) is 18.9 Å². The number of halogens is 1. The molecule has 0 radical (unpaired) electrons. The Morgan fingerprint density at radius 2 is 2.05 bits per heavy atom. The number of hydrogen-bond acceptors (Lipinski definition) is 3. The molecule has 3 nitrogen and oxygen atoms in total. The van der Waals surface area contributed by atoms with Gasteiger partial charge in [-0.15, -0.1) is 11.3 Å². The fourth-order valence-electron chi connectivity index (χ4n) is 1.87. The van der Waals surface area contributed by atoms with E-state index in [1.165, 1.54) is 16.9 Å². The SMILES string of the molecule is Cc1ccc(/C=C/CC(=O)NCC(O)c2ccc(Cl)s2)cc1. The molecule has 2 aromatic rings. The Hall–Kier alpha value is -1.62. The number of amides is 1. The summed E-state index contributed by atoms with van der Waals surface area (Å²) in [6.07, 6.45) is 3.29. The molecule has 1 unspecified atom stereocenters. The summed E-state index contributed by atoms with van der Waals surface area (Å²) in [4.78, 5) is 12.5. The zero-order chi connectivity index (χ0) is 15.9. The third-order valence-corrected chi connectivity index (χ3v) is 4.44. The van der Waals surface area contributed by atoms with E-state index < -0.39 is 6.10 Å². The van der Waals surface area contributed by atoms with E-state index in [1.807, 2.05) is 43.3 Å². The van der Waals surface area contributed by atoms with Crippen LogP contribution >= 0.6 is 22.9 Å². The molecule has 5 heteroatoms. The molecule has 0 bridgehead atoms. The van der Waals surface area contributed by atoms with Crippen molar-refractivity contribution in [3.63, 3.8) is 0 Å². The molecule has 1 atom stereocenters. The number of nitrogens with one attached hydrogen (secondary N) is 1. The van der Waals surface area contributed by atoms with Gasteiger partial charge in [-0.05, 0) is 24.6 Å². The fraction of sp³-hybridized carbons (Fsp3) is 0.235. The minimum absolute atomic E-state index is 0.120. The second-order valence-electron chi connectivity index (χ2n) is 4.98. The lowest BCUT2D eigenvalue weighted by molar-refractivity contribution is -0.120. The summed E-state index contributed by atoms with van der Waals surface area (Å²) in [7, 11) is 0. The first-order valence-electron chi connectivity index (χ1n) is 6.98. The smallest absolute Gasteiger partial charge is 0.223 e. The number of hydrogen-bond donors (Lipinski definition) is 2. The van der Waals surface area contributed by atoms with Gasteiger partial charge in [0.2, 0.25) is 5.91 Å². The lowest BCUT2D eigenvalue weighted by atomic mass is 10.1. The van der Waals surface area contributed by atoms with Gasteiger partial charge in [0.15, 0.2) is 0 Å². The van der Waals surface area contributed by atoms with Crippen LogP contribution in [0.25, 0.3) is 6.08 Å². The lowest BCUT2D eigenvalue weighted by Crippen LogP contribution is -2.27. The normalized spacial score (nSPS) is 12.5. The van der Waals surface area contributed by atoms with Gasteiger partial charge in [-0.25, -0.2) is 0 Å². The van der Waals surface area contributed by atoms with Crippen molar-refractivity contribution in [3.05, 3.63) is 62.8 Å². The first-order valence-corrected chi connectivity index (χ1v) is 8.17. The number of carbonyl (C=O) groups excluding carboxylic acids is 1. The molecule has 0 aliphatic carbocycles.